The van der Waals surface area contributed by atoms with Gasteiger partial charge in [-0.1, -0.05) is 13.3 Å². The summed E-state index contributed by atoms with van der Waals surface area (Å²) in [6.45, 7) is 2.14. The molecule has 2 bridgehead atoms. The fourth-order valence-electron chi connectivity index (χ4n) is 3.32. The Balaban J connectivity index is 1.83. The molecule has 0 saturated heterocycles. The Hall–Kier alpha value is -0.530. The Morgan fingerprint density at radius 3 is 2.85 bits per heavy atom. The molecule has 0 aromatic heterocycles. The third-order valence-corrected chi connectivity index (χ3v) is 3.88. The summed E-state index contributed by atoms with van der Waals surface area (Å²) in [7, 11) is 0. The SMILES string of the molecule is CC(/C=N/O)CC1CC2CCC1C2. The Morgan fingerprint density at radius 1 is 1.46 bits per heavy atom. The summed E-state index contributed by atoms with van der Waals surface area (Å²) in [6, 6.07) is 0. The van der Waals surface area contributed by atoms with E-state index >= 15 is 0 Å². The zero-order chi connectivity index (χ0) is 9.26. The normalized spacial score (nSPS) is 40.2. The molecule has 2 nitrogen and oxygen atoms in total. The van der Waals surface area contributed by atoms with Gasteiger partial charge >= 0.3 is 0 Å². The van der Waals surface area contributed by atoms with Gasteiger partial charge < -0.3 is 5.21 Å². The van der Waals surface area contributed by atoms with Crippen LogP contribution in [0.15, 0.2) is 5.16 Å². The van der Waals surface area contributed by atoms with Gasteiger partial charge in [0.1, 0.15) is 0 Å². The van der Waals surface area contributed by atoms with Crippen molar-refractivity contribution in [1.29, 1.82) is 0 Å². The maximum absolute atomic E-state index is 8.41. The van der Waals surface area contributed by atoms with Crippen LogP contribution in [0.5, 0.6) is 0 Å². The maximum atomic E-state index is 8.41. The Bertz CT molecular complexity index is 202. The first kappa shape index (κ1) is 9.04. The van der Waals surface area contributed by atoms with Crippen molar-refractivity contribution in [3.63, 3.8) is 0 Å². The van der Waals surface area contributed by atoms with Gasteiger partial charge in [-0.05, 0) is 49.4 Å². The fraction of sp³-hybridized carbons (Fsp3) is 0.909. The van der Waals surface area contributed by atoms with Gasteiger partial charge in [0.15, 0.2) is 0 Å². The molecule has 4 atom stereocenters. The highest BCUT2D eigenvalue weighted by Gasteiger charge is 2.39. The minimum absolute atomic E-state index is 0.453. The lowest BCUT2D eigenvalue weighted by Crippen LogP contribution is -2.14. The fourth-order valence-corrected chi connectivity index (χ4v) is 3.32. The number of rotatable bonds is 3. The first-order valence-corrected chi connectivity index (χ1v) is 5.47. The average Bonchev–Trinajstić information content (AvgIpc) is 2.65. The van der Waals surface area contributed by atoms with Gasteiger partial charge in [-0.15, -0.1) is 5.16 Å². The molecule has 2 aliphatic rings. The molecule has 2 heteroatoms. The van der Waals surface area contributed by atoms with Crippen LogP contribution in [0.3, 0.4) is 0 Å². The number of nitrogens with zero attached hydrogens (tertiary/aromatic N) is 1. The lowest BCUT2D eigenvalue weighted by Gasteiger charge is -2.22. The molecule has 0 aromatic carbocycles. The van der Waals surface area contributed by atoms with Crippen molar-refractivity contribution in [3.05, 3.63) is 0 Å². The molecule has 74 valence electrons. The van der Waals surface area contributed by atoms with Crippen LogP contribution in [0.4, 0.5) is 0 Å². The number of hydrogen-bond donors (Lipinski definition) is 1. The standard InChI is InChI=1S/C11H19NO/c1-8(7-12-13)4-11-6-9-2-3-10(11)5-9/h7-11,13H,2-6H2,1H3/b12-7+. The van der Waals surface area contributed by atoms with E-state index in [0.29, 0.717) is 5.92 Å². The highest BCUT2D eigenvalue weighted by molar-refractivity contribution is 5.59. The van der Waals surface area contributed by atoms with E-state index in [1.807, 2.05) is 0 Å². The van der Waals surface area contributed by atoms with E-state index in [4.69, 9.17) is 5.21 Å². The molecule has 0 aliphatic heterocycles. The first-order valence-electron chi connectivity index (χ1n) is 5.47. The number of oxime groups is 1. The van der Waals surface area contributed by atoms with Gasteiger partial charge in [-0.2, -0.15) is 0 Å². The van der Waals surface area contributed by atoms with Gasteiger partial charge in [0, 0.05) is 6.21 Å². The highest BCUT2D eigenvalue weighted by atomic mass is 16.4. The van der Waals surface area contributed by atoms with Gasteiger partial charge in [0.05, 0.1) is 0 Å². The molecule has 4 unspecified atom stereocenters. The summed E-state index contributed by atoms with van der Waals surface area (Å²) in [5.41, 5.74) is 0. The van der Waals surface area contributed by atoms with Crippen LogP contribution in [-0.4, -0.2) is 11.4 Å². The van der Waals surface area contributed by atoms with Crippen molar-refractivity contribution in [2.45, 2.75) is 39.0 Å². The van der Waals surface area contributed by atoms with Crippen LogP contribution in [0.1, 0.15) is 39.0 Å². The van der Waals surface area contributed by atoms with Gasteiger partial charge in [-0.3, -0.25) is 0 Å². The van der Waals surface area contributed by atoms with Crippen molar-refractivity contribution in [2.75, 3.05) is 0 Å². The monoisotopic (exact) mass is 181 g/mol. The topological polar surface area (TPSA) is 32.6 Å². The van der Waals surface area contributed by atoms with Crippen LogP contribution in [0.25, 0.3) is 0 Å². The Kier molecular flexibility index (Phi) is 2.56. The van der Waals surface area contributed by atoms with Gasteiger partial charge in [0.2, 0.25) is 0 Å². The summed E-state index contributed by atoms with van der Waals surface area (Å²) >= 11 is 0. The van der Waals surface area contributed by atoms with Crippen molar-refractivity contribution in [1.82, 2.24) is 0 Å². The molecule has 2 rings (SSSR count). The lowest BCUT2D eigenvalue weighted by atomic mass is 9.83. The largest absolute Gasteiger partial charge is 0.411 e. The molecule has 0 radical (unpaired) electrons. The van der Waals surface area contributed by atoms with Crippen LogP contribution in [0, 0.1) is 23.7 Å². The van der Waals surface area contributed by atoms with Crippen LogP contribution in [-0.2, 0) is 0 Å². The van der Waals surface area contributed by atoms with E-state index in [2.05, 4.69) is 12.1 Å². The summed E-state index contributed by atoms with van der Waals surface area (Å²) in [4.78, 5) is 0. The van der Waals surface area contributed by atoms with E-state index < -0.39 is 0 Å². The summed E-state index contributed by atoms with van der Waals surface area (Å²) in [6.07, 6.45) is 8.75. The number of hydrogen-bond acceptors (Lipinski definition) is 2. The second-order valence-electron chi connectivity index (χ2n) is 4.91. The molecule has 13 heavy (non-hydrogen) atoms. The van der Waals surface area contributed by atoms with E-state index in [-0.39, 0.29) is 0 Å². The third-order valence-electron chi connectivity index (χ3n) is 3.88. The molecule has 0 spiro atoms. The second-order valence-corrected chi connectivity index (χ2v) is 4.91. The molecule has 0 heterocycles. The van der Waals surface area contributed by atoms with Crippen LogP contribution >= 0.6 is 0 Å². The quantitative estimate of drug-likeness (QED) is 0.405. The Labute approximate surface area is 80.0 Å². The average molecular weight is 181 g/mol. The van der Waals surface area contributed by atoms with Crippen molar-refractivity contribution in [3.8, 4) is 0 Å². The molecule has 0 aromatic rings. The Morgan fingerprint density at radius 2 is 2.31 bits per heavy atom. The second kappa shape index (κ2) is 3.69. The highest BCUT2D eigenvalue weighted by Crippen LogP contribution is 2.50. The van der Waals surface area contributed by atoms with Crippen LogP contribution < -0.4 is 0 Å². The van der Waals surface area contributed by atoms with E-state index in [0.717, 1.165) is 17.8 Å². The lowest BCUT2D eigenvalue weighted by molar-refractivity contribution is 0.290. The van der Waals surface area contributed by atoms with Crippen LogP contribution in [0.2, 0.25) is 0 Å². The zero-order valence-electron chi connectivity index (χ0n) is 8.32. The van der Waals surface area contributed by atoms with Crippen molar-refractivity contribution < 1.29 is 5.21 Å². The molecule has 2 saturated carbocycles. The van der Waals surface area contributed by atoms with Gasteiger partial charge in [0.25, 0.3) is 0 Å². The summed E-state index contributed by atoms with van der Waals surface area (Å²) < 4.78 is 0. The van der Waals surface area contributed by atoms with Gasteiger partial charge in [-0.25, -0.2) is 0 Å². The molecule has 2 fully saturated rings. The molecule has 0 amide bonds. The summed E-state index contributed by atoms with van der Waals surface area (Å²) in [5.74, 6) is 3.41. The minimum Gasteiger partial charge on any atom is -0.411 e. The first-order chi connectivity index (χ1) is 6.29. The predicted molar refractivity (Wildman–Crippen MR) is 53.0 cm³/mol. The summed E-state index contributed by atoms with van der Waals surface area (Å²) in [5, 5.41) is 11.5. The third kappa shape index (κ3) is 1.87. The van der Waals surface area contributed by atoms with E-state index in [9.17, 15) is 0 Å². The van der Waals surface area contributed by atoms with E-state index in [1.54, 1.807) is 6.21 Å². The molecular formula is C11H19NO. The van der Waals surface area contributed by atoms with Crippen molar-refractivity contribution in [2.24, 2.45) is 28.8 Å². The zero-order valence-corrected chi connectivity index (χ0v) is 8.32. The molecular weight excluding hydrogens is 162 g/mol. The number of fused-ring (bicyclic) bond motifs is 2. The minimum atomic E-state index is 0.453. The predicted octanol–water partition coefficient (Wildman–Crippen LogP) is 2.91. The maximum Gasteiger partial charge on any atom is 0.0464 e. The van der Waals surface area contributed by atoms with E-state index in [1.165, 1.54) is 32.1 Å². The smallest absolute Gasteiger partial charge is 0.0464 e. The molecule has 2 aliphatic carbocycles. The molecule has 1 N–H and O–H groups in total. The van der Waals surface area contributed by atoms with Crippen molar-refractivity contribution >= 4 is 6.21 Å².